The molecule has 0 saturated heterocycles. The molecule has 7 nitrogen and oxygen atoms in total. The number of hydrogen-bond donors (Lipinski definition) is 1. The van der Waals surface area contributed by atoms with Crippen molar-refractivity contribution in [2.24, 2.45) is 0 Å². The lowest BCUT2D eigenvalue weighted by molar-refractivity contribution is -0.129. The fourth-order valence-corrected chi connectivity index (χ4v) is 5.13. The van der Waals surface area contributed by atoms with Crippen molar-refractivity contribution in [3.63, 3.8) is 0 Å². The first-order chi connectivity index (χ1) is 13.3. The topological polar surface area (TPSA) is 107 Å². The van der Waals surface area contributed by atoms with E-state index in [4.69, 9.17) is 0 Å². The monoisotopic (exact) mass is 417 g/mol. The van der Waals surface area contributed by atoms with E-state index in [1.807, 2.05) is 0 Å². The van der Waals surface area contributed by atoms with Gasteiger partial charge >= 0.3 is 0 Å². The van der Waals surface area contributed by atoms with Crippen molar-refractivity contribution >= 4 is 38.0 Å². The van der Waals surface area contributed by atoms with E-state index in [1.165, 1.54) is 42.5 Å². The van der Waals surface area contributed by atoms with Crippen LogP contribution in [0.15, 0.2) is 29.2 Å². The molecule has 1 aromatic heterocycles. The van der Waals surface area contributed by atoms with Gasteiger partial charge < -0.3 is 10.2 Å². The first-order valence-corrected chi connectivity index (χ1v) is 11.2. The standard InChI is InChI=1S/C19H19N3O4S2/c1-3-28(25,26)14-6-4-13(5-7-14)18(24)21-19-16(10-20)15-8-9-22(12(2)23)11-17(15)27-19/h4-7H,3,8-9,11H2,1-2H3,(H,21,24). The molecule has 1 aliphatic heterocycles. The summed E-state index contributed by atoms with van der Waals surface area (Å²) in [6.45, 7) is 4.05. The van der Waals surface area contributed by atoms with Gasteiger partial charge in [0.15, 0.2) is 9.84 Å². The number of nitrogens with zero attached hydrogens (tertiary/aromatic N) is 2. The van der Waals surface area contributed by atoms with Crippen LogP contribution in [0.1, 0.15) is 40.2 Å². The van der Waals surface area contributed by atoms with Crippen LogP contribution in [0, 0.1) is 11.3 Å². The summed E-state index contributed by atoms with van der Waals surface area (Å²) in [5, 5.41) is 12.7. The molecular weight excluding hydrogens is 398 g/mol. The minimum absolute atomic E-state index is 0.0118. The molecule has 3 rings (SSSR count). The summed E-state index contributed by atoms with van der Waals surface area (Å²) in [5.74, 6) is -0.452. The number of amides is 2. The molecule has 2 aromatic rings. The van der Waals surface area contributed by atoms with E-state index in [-0.39, 0.29) is 16.6 Å². The van der Waals surface area contributed by atoms with E-state index in [1.54, 1.807) is 11.8 Å². The number of anilines is 1. The summed E-state index contributed by atoms with van der Waals surface area (Å²) in [6, 6.07) is 7.87. The van der Waals surface area contributed by atoms with Crippen LogP contribution in [0.4, 0.5) is 5.00 Å². The molecule has 0 saturated carbocycles. The molecule has 0 atom stereocenters. The van der Waals surface area contributed by atoms with E-state index in [2.05, 4.69) is 11.4 Å². The third-order valence-electron chi connectivity index (χ3n) is 4.70. The van der Waals surface area contributed by atoms with Crippen molar-refractivity contribution < 1.29 is 18.0 Å². The van der Waals surface area contributed by atoms with Crippen molar-refractivity contribution in [2.75, 3.05) is 17.6 Å². The predicted molar refractivity (Wildman–Crippen MR) is 106 cm³/mol. The van der Waals surface area contributed by atoms with Gasteiger partial charge in [-0.1, -0.05) is 6.92 Å². The van der Waals surface area contributed by atoms with Crippen molar-refractivity contribution in [1.29, 1.82) is 5.26 Å². The minimum atomic E-state index is -3.33. The van der Waals surface area contributed by atoms with Gasteiger partial charge in [0.1, 0.15) is 11.1 Å². The first kappa shape index (κ1) is 20.0. The molecule has 1 aliphatic rings. The van der Waals surface area contributed by atoms with Crippen LogP contribution in [-0.2, 0) is 27.6 Å². The molecule has 0 unspecified atom stereocenters. The van der Waals surface area contributed by atoms with Crippen molar-refractivity contribution in [3.05, 3.63) is 45.8 Å². The summed E-state index contributed by atoms with van der Waals surface area (Å²) in [7, 11) is -3.33. The summed E-state index contributed by atoms with van der Waals surface area (Å²) < 4.78 is 23.8. The lowest BCUT2D eigenvalue weighted by Gasteiger charge is -2.25. The number of nitrogens with one attached hydrogen (secondary N) is 1. The molecule has 0 aliphatic carbocycles. The van der Waals surface area contributed by atoms with Crippen LogP contribution in [0.2, 0.25) is 0 Å². The second-order valence-electron chi connectivity index (χ2n) is 6.39. The highest BCUT2D eigenvalue weighted by atomic mass is 32.2. The Kier molecular flexibility index (Phi) is 5.54. The molecule has 9 heteroatoms. The van der Waals surface area contributed by atoms with Gasteiger partial charge in [0.05, 0.1) is 22.8 Å². The number of rotatable bonds is 4. The van der Waals surface area contributed by atoms with Gasteiger partial charge in [-0.3, -0.25) is 9.59 Å². The zero-order valence-electron chi connectivity index (χ0n) is 15.5. The number of benzene rings is 1. The average Bonchev–Trinajstić information content (AvgIpc) is 3.03. The molecule has 2 amide bonds. The fraction of sp³-hybridized carbons (Fsp3) is 0.316. The Morgan fingerprint density at radius 3 is 2.54 bits per heavy atom. The van der Waals surface area contributed by atoms with Gasteiger partial charge in [-0.2, -0.15) is 5.26 Å². The molecule has 0 radical (unpaired) electrons. The molecular formula is C19H19N3O4S2. The Bertz CT molecular complexity index is 1080. The Morgan fingerprint density at radius 1 is 1.29 bits per heavy atom. The van der Waals surface area contributed by atoms with Crippen molar-refractivity contribution in [2.45, 2.75) is 31.7 Å². The largest absolute Gasteiger partial charge is 0.337 e. The van der Waals surface area contributed by atoms with Crippen LogP contribution in [0.25, 0.3) is 0 Å². The molecule has 28 heavy (non-hydrogen) atoms. The Hall–Kier alpha value is -2.70. The quantitative estimate of drug-likeness (QED) is 0.823. The zero-order chi connectivity index (χ0) is 20.5. The molecule has 0 spiro atoms. The smallest absolute Gasteiger partial charge is 0.256 e. The van der Waals surface area contributed by atoms with Crippen LogP contribution in [0.5, 0.6) is 0 Å². The van der Waals surface area contributed by atoms with E-state index < -0.39 is 15.7 Å². The van der Waals surface area contributed by atoms with Crippen LogP contribution >= 0.6 is 11.3 Å². The summed E-state index contributed by atoms with van der Waals surface area (Å²) in [6.07, 6.45) is 0.577. The molecule has 2 heterocycles. The Balaban J connectivity index is 1.83. The maximum atomic E-state index is 12.6. The Labute approximate surface area is 167 Å². The van der Waals surface area contributed by atoms with Gasteiger partial charge in [-0.25, -0.2) is 8.42 Å². The molecule has 0 bridgehead atoms. The second kappa shape index (κ2) is 7.73. The van der Waals surface area contributed by atoms with Gasteiger partial charge in [-0.15, -0.1) is 11.3 Å². The van der Waals surface area contributed by atoms with Gasteiger partial charge in [0.25, 0.3) is 5.91 Å². The van der Waals surface area contributed by atoms with Crippen LogP contribution < -0.4 is 5.32 Å². The normalized spacial score (nSPS) is 13.5. The molecule has 1 aromatic carbocycles. The molecule has 146 valence electrons. The summed E-state index contributed by atoms with van der Waals surface area (Å²) >= 11 is 1.30. The van der Waals surface area contributed by atoms with E-state index in [0.29, 0.717) is 35.6 Å². The van der Waals surface area contributed by atoms with E-state index in [0.717, 1.165) is 10.4 Å². The molecule has 0 fully saturated rings. The van der Waals surface area contributed by atoms with E-state index in [9.17, 15) is 23.3 Å². The third-order valence-corrected chi connectivity index (χ3v) is 7.58. The maximum Gasteiger partial charge on any atom is 0.256 e. The number of hydrogen-bond acceptors (Lipinski definition) is 6. The van der Waals surface area contributed by atoms with Gasteiger partial charge in [-0.05, 0) is 36.2 Å². The number of thiophene rings is 1. The highest BCUT2D eigenvalue weighted by Crippen LogP contribution is 2.36. The van der Waals surface area contributed by atoms with Gasteiger partial charge in [0.2, 0.25) is 5.91 Å². The summed E-state index contributed by atoms with van der Waals surface area (Å²) in [5.41, 5.74) is 1.61. The zero-order valence-corrected chi connectivity index (χ0v) is 17.1. The lowest BCUT2D eigenvalue weighted by atomic mass is 10.0. The van der Waals surface area contributed by atoms with Crippen molar-refractivity contribution in [1.82, 2.24) is 4.90 Å². The first-order valence-electron chi connectivity index (χ1n) is 8.71. The second-order valence-corrected chi connectivity index (χ2v) is 9.78. The predicted octanol–water partition coefficient (Wildman–Crippen LogP) is 2.57. The average molecular weight is 418 g/mol. The van der Waals surface area contributed by atoms with E-state index >= 15 is 0 Å². The number of sulfone groups is 1. The third kappa shape index (κ3) is 3.79. The highest BCUT2D eigenvalue weighted by Gasteiger charge is 2.26. The number of fused-ring (bicyclic) bond motifs is 1. The van der Waals surface area contributed by atoms with Crippen LogP contribution in [0.3, 0.4) is 0 Å². The Morgan fingerprint density at radius 2 is 1.96 bits per heavy atom. The maximum absolute atomic E-state index is 12.6. The number of carbonyl (C=O) groups excluding carboxylic acids is 2. The number of carbonyl (C=O) groups is 2. The molecule has 1 N–H and O–H groups in total. The number of nitriles is 1. The fourth-order valence-electron chi connectivity index (χ4n) is 3.03. The SMILES string of the molecule is CCS(=O)(=O)c1ccc(C(=O)Nc2sc3c(c2C#N)CCN(C(C)=O)C3)cc1. The van der Waals surface area contributed by atoms with Crippen molar-refractivity contribution in [3.8, 4) is 6.07 Å². The summed E-state index contributed by atoms with van der Waals surface area (Å²) in [4.78, 5) is 27.0. The van der Waals surface area contributed by atoms with Crippen LogP contribution in [-0.4, -0.2) is 37.4 Å². The highest BCUT2D eigenvalue weighted by molar-refractivity contribution is 7.91. The van der Waals surface area contributed by atoms with Gasteiger partial charge in [0, 0.05) is 23.9 Å². The minimum Gasteiger partial charge on any atom is -0.337 e. The lowest BCUT2D eigenvalue weighted by Crippen LogP contribution is -2.33.